The van der Waals surface area contributed by atoms with Crippen molar-refractivity contribution < 1.29 is 9.53 Å². The minimum absolute atomic E-state index is 0.00412. The minimum Gasteiger partial charge on any atom is -0.458 e. The zero-order valence-electron chi connectivity index (χ0n) is 13.4. The lowest BCUT2D eigenvalue weighted by molar-refractivity contribution is -0.211. The third-order valence-electron chi connectivity index (χ3n) is 6.74. The first-order valence-corrected chi connectivity index (χ1v) is 8.78. The van der Waals surface area contributed by atoms with Gasteiger partial charge in [-0.1, -0.05) is 20.8 Å². The maximum atomic E-state index is 12.0. The maximum Gasteiger partial charge on any atom is 0.306 e. The van der Waals surface area contributed by atoms with E-state index in [0.29, 0.717) is 11.8 Å². The highest BCUT2D eigenvalue weighted by molar-refractivity contribution is 5.69. The highest BCUT2D eigenvalue weighted by Crippen LogP contribution is 2.65. The third-order valence-corrected chi connectivity index (χ3v) is 6.74. The molecule has 0 aromatic heterocycles. The number of esters is 1. The van der Waals surface area contributed by atoms with E-state index >= 15 is 0 Å². The van der Waals surface area contributed by atoms with Crippen molar-refractivity contribution in [1.29, 1.82) is 0 Å². The Morgan fingerprint density at radius 3 is 1.80 bits per heavy atom. The molecule has 114 valence electrons. The van der Waals surface area contributed by atoms with Crippen LogP contribution in [0.4, 0.5) is 0 Å². The molecule has 0 aliphatic heterocycles. The topological polar surface area (TPSA) is 26.3 Å². The summed E-state index contributed by atoms with van der Waals surface area (Å²) in [5.41, 5.74) is 0.117. The molecule has 0 spiro atoms. The monoisotopic (exact) mass is 278 g/mol. The summed E-state index contributed by atoms with van der Waals surface area (Å²) in [6.07, 6.45) is 10.8. The van der Waals surface area contributed by atoms with Gasteiger partial charge in [-0.2, -0.15) is 0 Å². The zero-order chi connectivity index (χ0) is 14.4. The predicted molar refractivity (Wildman–Crippen MR) is 80.3 cm³/mol. The van der Waals surface area contributed by atoms with Crippen LogP contribution in [0.3, 0.4) is 0 Å². The summed E-state index contributed by atoms with van der Waals surface area (Å²) in [5, 5.41) is 0. The predicted octanol–water partition coefficient (Wildman–Crippen LogP) is 4.71. The summed E-state index contributed by atoms with van der Waals surface area (Å²) in [6.45, 7) is 6.37. The normalized spacial score (nSPS) is 39.0. The fraction of sp³-hybridized carbons (Fsp3) is 0.944. The van der Waals surface area contributed by atoms with Crippen molar-refractivity contribution in [3.05, 3.63) is 0 Å². The Bertz CT molecular complexity index is 346. The van der Waals surface area contributed by atoms with Crippen molar-refractivity contribution in [2.24, 2.45) is 23.2 Å². The second-order valence-electron chi connectivity index (χ2n) is 7.73. The Kier molecular flexibility index (Phi) is 3.63. The molecule has 0 aromatic rings. The van der Waals surface area contributed by atoms with Crippen molar-refractivity contribution in [3.63, 3.8) is 0 Å². The molecule has 20 heavy (non-hydrogen) atoms. The number of carbonyl (C=O) groups is 1. The van der Waals surface area contributed by atoms with Gasteiger partial charge in [0.2, 0.25) is 0 Å². The Labute approximate surface area is 123 Å². The molecular weight excluding hydrogens is 248 g/mol. The molecule has 2 nitrogen and oxygen atoms in total. The van der Waals surface area contributed by atoms with Gasteiger partial charge in [-0.05, 0) is 69.1 Å². The van der Waals surface area contributed by atoms with Crippen LogP contribution in [0, 0.1) is 23.2 Å². The van der Waals surface area contributed by atoms with E-state index in [2.05, 4.69) is 13.8 Å². The number of ether oxygens (including phenoxy) is 1. The van der Waals surface area contributed by atoms with Gasteiger partial charge in [0.15, 0.2) is 0 Å². The van der Waals surface area contributed by atoms with Crippen LogP contribution in [0.25, 0.3) is 0 Å². The second-order valence-corrected chi connectivity index (χ2v) is 7.73. The number of hydrogen-bond acceptors (Lipinski definition) is 2. The van der Waals surface area contributed by atoms with Crippen molar-refractivity contribution in [2.45, 2.75) is 84.2 Å². The first-order valence-electron chi connectivity index (χ1n) is 8.78. The van der Waals surface area contributed by atoms with Crippen LogP contribution in [-0.2, 0) is 9.53 Å². The van der Waals surface area contributed by atoms with Gasteiger partial charge in [0.05, 0.1) is 0 Å². The van der Waals surface area contributed by atoms with E-state index in [0.717, 1.165) is 30.6 Å². The molecule has 0 unspecified atom stereocenters. The van der Waals surface area contributed by atoms with E-state index in [9.17, 15) is 4.79 Å². The summed E-state index contributed by atoms with van der Waals surface area (Å²) in [7, 11) is 0. The molecule has 4 aliphatic rings. The molecule has 2 heteroatoms. The van der Waals surface area contributed by atoms with Crippen LogP contribution in [0.2, 0.25) is 0 Å². The Hall–Kier alpha value is -0.530. The van der Waals surface area contributed by atoms with Crippen LogP contribution < -0.4 is 0 Å². The molecule has 0 N–H and O–H groups in total. The van der Waals surface area contributed by atoms with Gasteiger partial charge in [-0.3, -0.25) is 4.79 Å². The maximum absolute atomic E-state index is 12.0. The Morgan fingerprint density at radius 1 is 1.00 bits per heavy atom. The number of rotatable bonds is 5. The van der Waals surface area contributed by atoms with E-state index in [-0.39, 0.29) is 11.6 Å². The van der Waals surface area contributed by atoms with Gasteiger partial charge < -0.3 is 4.74 Å². The van der Waals surface area contributed by atoms with Gasteiger partial charge in [0.1, 0.15) is 5.60 Å². The van der Waals surface area contributed by atoms with Gasteiger partial charge in [0, 0.05) is 11.8 Å². The van der Waals surface area contributed by atoms with Gasteiger partial charge in [-0.25, -0.2) is 0 Å². The molecule has 0 heterocycles. The molecule has 0 radical (unpaired) electrons. The highest BCUT2D eigenvalue weighted by atomic mass is 16.6. The second kappa shape index (κ2) is 5.03. The van der Waals surface area contributed by atoms with Crippen LogP contribution in [0.5, 0.6) is 0 Å². The molecule has 4 bridgehead atoms. The van der Waals surface area contributed by atoms with Gasteiger partial charge in [-0.15, -0.1) is 0 Å². The summed E-state index contributed by atoms with van der Waals surface area (Å²) in [6, 6.07) is 0. The fourth-order valence-electron chi connectivity index (χ4n) is 6.21. The van der Waals surface area contributed by atoms with E-state index in [4.69, 9.17) is 4.74 Å². The van der Waals surface area contributed by atoms with Crippen LogP contribution in [0.1, 0.15) is 78.6 Å². The molecule has 0 amide bonds. The average molecular weight is 278 g/mol. The summed E-state index contributed by atoms with van der Waals surface area (Å²) in [5.74, 6) is 2.75. The highest BCUT2D eigenvalue weighted by Gasteiger charge is 2.60. The van der Waals surface area contributed by atoms with Crippen molar-refractivity contribution in [1.82, 2.24) is 0 Å². The molecule has 4 fully saturated rings. The van der Waals surface area contributed by atoms with Gasteiger partial charge in [0.25, 0.3) is 0 Å². The molecule has 0 saturated heterocycles. The minimum atomic E-state index is -0.184. The number of carbonyl (C=O) groups excluding carboxylic acids is 1. The summed E-state index contributed by atoms with van der Waals surface area (Å²) < 4.78 is 6.13. The lowest BCUT2D eigenvalue weighted by Crippen LogP contribution is -2.59. The summed E-state index contributed by atoms with van der Waals surface area (Å²) >= 11 is 0. The average Bonchev–Trinajstić information content (AvgIpc) is 2.43. The zero-order valence-corrected chi connectivity index (χ0v) is 13.4. The molecule has 4 saturated carbocycles. The smallest absolute Gasteiger partial charge is 0.306 e. The van der Waals surface area contributed by atoms with Crippen LogP contribution >= 0.6 is 0 Å². The first-order chi connectivity index (χ1) is 9.56. The Morgan fingerprint density at radius 2 is 1.45 bits per heavy atom. The summed E-state index contributed by atoms with van der Waals surface area (Å²) in [4.78, 5) is 12.0. The first kappa shape index (κ1) is 14.4. The third kappa shape index (κ3) is 2.02. The van der Waals surface area contributed by atoms with Crippen molar-refractivity contribution in [2.75, 3.05) is 0 Å². The molecule has 4 aliphatic carbocycles. The van der Waals surface area contributed by atoms with Crippen LogP contribution in [0.15, 0.2) is 0 Å². The molecule has 0 atom stereocenters. The number of hydrogen-bond donors (Lipinski definition) is 0. The molecule has 4 rings (SSSR count). The molecule has 0 aromatic carbocycles. The standard InChI is InChI=1S/C18H30O2/c1-4-16(19)20-18(5-2,6-3)17-10-13-7-14(11-17)9-15(8-13)12-17/h13-15H,4-12H2,1-3H3. The lowest BCUT2D eigenvalue weighted by Gasteiger charge is -2.63. The van der Waals surface area contributed by atoms with E-state index < -0.39 is 0 Å². The van der Waals surface area contributed by atoms with E-state index in [1.54, 1.807) is 0 Å². The molecular formula is C18H30O2. The Balaban J connectivity index is 1.92. The fourth-order valence-corrected chi connectivity index (χ4v) is 6.21. The van der Waals surface area contributed by atoms with E-state index in [1.807, 2.05) is 6.92 Å². The van der Waals surface area contributed by atoms with Gasteiger partial charge >= 0.3 is 5.97 Å². The largest absolute Gasteiger partial charge is 0.458 e. The van der Waals surface area contributed by atoms with Crippen molar-refractivity contribution >= 4 is 5.97 Å². The van der Waals surface area contributed by atoms with Crippen molar-refractivity contribution in [3.8, 4) is 0 Å². The van der Waals surface area contributed by atoms with Crippen LogP contribution in [-0.4, -0.2) is 11.6 Å². The quantitative estimate of drug-likeness (QED) is 0.680. The van der Waals surface area contributed by atoms with E-state index in [1.165, 1.54) is 38.5 Å². The SMILES string of the molecule is CCC(=O)OC(CC)(CC)C12CC3CC(CC(C3)C1)C2. The lowest BCUT2D eigenvalue weighted by atomic mass is 9.44.